The van der Waals surface area contributed by atoms with E-state index in [1.807, 2.05) is 0 Å². The monoisotopic (exact) mass is 84.0 g/mol. The molecule has 0 bridgehead atoms. The highest BCUT2D eigenvalue weighted by Crippen LogP contribution is 2.08. The van der Waals surface area contributed by atoms with Crippen molar-refractivity contribution in [2.75, 3.05) is 0 Å². The van der Waals surface area contributed by atoms with Gasteiger partial charge >= 0.3 is 0 Å². The zero-order valence-corrected chi connectivity index (χ0v) is 3.14. The molecule has 0 aliphatic heterocycles. The molecule has 2 heteroatoms. The summed E-state index contributed by atoms with van der Waals surface area (Å²) in [7, 11) is 0. The maximum Gasteiger partial charge on any atom is 0.166 e. The summed E-state index contributed by atoms with van der Waals surface area (Å²) in [6.07, 6.45) is 1.47. The van der Waals surface area contributed by atoms with Gasteiger partial charge in [-0.2, -0.15) is 0 Å². The predicted molar refractivity (Wildman–Crippen MR) is 20.3 cm³/mol. The summed E-state index contributed by atoms with van der Waals surface area (Å²) in [6, 6.07) is 0. The van der Waals surface area contributed by atoms with Crippen LogP contribution in [0.15, 0.2) is 11.8 Å². The molecule has 0 unspecified atom stereocenters. The van der Waals surface area contributed by atoms with E-state index in [0.717, 1.165) is 0 Å². The average Bonchev–Trinajstić information content (AvgIpc) is 1.33. The van der Waals surface area contributed by atoms with Gasteiger partial charge in [-0.1, -0.05) is 0 Å². The first-order chi connectivity index (χ1) is 2.79. The van der Waals surface area contributed by atoms with Crippen molar-refractivity contribution in [2.45, 2.75) is 6.42 Å². The molecule has 0 amide bonds. The Kier molecular flexibility index (Phi) is 0.473. The molecule has 1 aliphatic rings. The zero-order chi connectivity index (χ0) is 4.57. The lowest BCUT2D eigenvalue weighted by Crippen LogP contribution is -2.06. The summed E-state index contributed by atoms with van der Waals surface area (Å²) in [4.78, 5) is 9.87. The van der Waals surface area contributed by atoms with Gasteiger partial charge < -0.3 is 5.11 Å². The van der Waals surface area contributed by atoms with Crippen molar-refractivity contribution in [3.63, 3.8) is 0 Å². The maximum absolute atomic E-state index is 9.87. The summed E-state index contributed by atoms with van der Waals surface area (Å²) in [6.45, 7) is 0. The minimum absolute atomic E-state index is 0.0208. The van der Waals surface area contributed by atoms with Crippen LogP contribution < -0.4 is 0 Å². The molecular formula is C4H4O2. The van der Waals surface area contributed by atoms with E-state index < -0.39 is 0 Å². The third kappa shape index (κ3) is 0.302. The topological polar surface area (TPSA) is 37.3 Å². The van der Waals surface area contributed by atoms with Gasteiger partial charge in [0.2, 0.25) is 0 Å². The van der Waals surface area contributed by atoms with Crippen LogP contribution in [0.1, 0.15) is 6.42 Å². The van der Waals surface area contributed by atoms with Gasteiger partial charge in [0.25, 0.3) is 0 Å². The Morgan fingerprint density at radius 3 is 2.33 bits per heavy atom. The zero-order valence-electron chi connectivity index (χ0n) is 3.14. The molecule has 0 aromatic rings. The Morgan fingerprint density at radius 1 is 1.83 bits per heavy atom. The summed E-state index contributed by atoms with van der Waals surface area (Å²) >= 11 is 0. The SMILES string of the molecule is O=C1C=C(O)C1. The lowest BCUT2D eigenvalue weighted by Gasteiger charge is -2.02. The fourth-order valence-corrected chi connectivity index (χ4v) is 0.335. The lowest BCUT2D eigenvalue weighted by molar-refractivity contribution is -0.116. The van der Waals surface area contributed by atoms with Crippen LogP contribution in [0.25, 0.3) is 0 Å². The van der Waals surface area contributed by atoms with E-state index in [0.29, 0.717) is 0 Å². The van der Waals surface area contributed by atoms with E-state index in [4.69, 9.17) is 5.11 Å². The lowest BCUT2D eigenvalue weighted by atomic mass is 10.1. The number of carbonyl (C=O) groups excluding carboxylic acids is 1. The highest BCUT2D eigenvalue weighted by Gasteiger charge is 2.11. The van der Waals surface area contributed by atoms with Gasteiger partial charge in [-0.3, -0.25) is 4.79 Å². The van der Waals surface area contributed by atoms with Gasteiger partial charge in [-0.15, -0.1) is 0 Å². The number of allylic oxidation sites excluding steroid dienone is 2. The van der Waals surface area contributed by atoms with Gasteiger partial charge in [0.1, 0.15) is 5.76 Å². The molecule has 0 fully saturated rings. The third-order valence-corrected chi connectivity index (χ3v) is 0.683. The molecule has 0 saturated carbocycles. The Labute approximate surface area is 35.1 Å². The first-order valence-corrected chi connectivity index (χ1v) is 1.71. The number of hydrogen-bond acceptors (Lipinski definition) is 2. The molecule has 0 saturated heterocycles. The van der Waals surface area contributed by atoms with Gasteiger partial charge in [-0.05, 0) is 0 Å². The minimum atomic E-state index is 0.0208. The van der Waals surface area contributed by atoms with E-state index in [-0.39, 0.29) is 18.0 Å². The number of hydrogen-bond donors (Lipinski definition) is 1. The minimum Gasteiger partial charge on any atom is -0.512 e. The Balaban J connectivity index is 2.68. The van der Waals surface area contributed by atoms with E-state index >= 15 is 0 Å². The summed E-state index contributed by atoms with van der Waals surface area (Å²) in [5.74, 6) is 0.229. The van der Waals surface area contributed by atoms with E-state index in [1.165, 1.54) is 6.08 Å². The Bertz CT molecular complexity index is 113. The highest BCUT2D eigenvalue weighted by atomic mass is 16.3. The first kappa shape index (κ1) is 3.40. The third-order valence-electron chi connectivity index (χ3n) is 0.683. The van der Waals surface area contributed by atoms with Gasteiger partial charge in [0.15, 0.2) is 5.78 Å². The second-order valence-electron chi connectivity index (χ2n) is 1.28. The van der Waals surface area contributed by atoms with Gasteiger partial charge in [0.05, 0.1) is 6.42 Å². The number of aliphatic hydroxyl groups is 1. The Hall–Kier alpha value is -0.790. The second kappa shape index (κ2) is 0.834. The number of rotatable bonds is 0. The van der Waals surface area contributed by atoms with Crippen molar-refractivity contribution in [1.82, 2.24) is 0 Å². The molecular weight excluding hydrogens is 80.0 g/mol. The molecule has 0 radical (unpaired) electrons. The molecule has 1 aliphatic carbocycles. The van der Waals surface area contributed by atoms with Crippen molar-refractivity contribution in [3.8, 4) is 0 Å². The standard InChI is InChI=1S/C4H4O2/c5-3-1-4(6)2-3/h1,5H,2H2. The van der Waals surface area contributed by atoms with Crippen LogP contribution in [0, 0.1) is 0 Å². The van der Waals surface area contributed by atoms with Crippen LogP contribution in [0.3, 0.4) is 0 Å². The van der Waals surface area contributed by atoms with Crippen LogP contribution in [0.5, 0.6) is 0 Å². The number of aliphatic hydroxyl groups excluding tert-OH is 1. The normalized spacial score (nSPS) is 19.3. The predicted octanol–water partition coefficient (Wildman–Crippen LogP) is 0.401. The largest absolute Gasteiger partial charge is 0.512 e. The molecule has 0 aromatic carbocycles. The summed E-state index contributed by atoms with van der Waals surface area (Å²) in [5.41, 5.74) is 0. The smallest absolute Gasteiger partial charge is 0.166 e. The quantitative estimate of drug-likeness (QED) is 0.461. The molecule has 1 N–H and O–H groups in total. The van der Waals surface area contributed by atoms with Crippen molar-refractivity contribution in [3.05, 3.63) is 11.8 Å². The highest BCUT2D eigenvalue weighted by molar-refractivity contribution is 5.97. The van der Waals surface area contributed by atoms with E-state index in [1.54, 1.807) is 0 Å². The summed E-state index contributed by atoms with van der Waals surface area (Å²) < 4.78 is 0. The van der Waals surface area contributed by atoms with Crippen LogP contribution in [-0.2, 0) is 4.79 Å². The molecule has 2 nitrogen and oxygen atoms in total. The molecule has 0 heterocycles. The van der Waals surface area contributed by atoms with E-state index in [2.05, 4.69) is 0 Å². The average molecular weight is 84.1 g/mol. The first-order valence-electron chi connectivity index (χ1n) is 1.71. The number of ketones is 1. The maximum atomic E-state index is 9.87. The Morgan fingerprint density at radius 2 is 2.33 bits per heavy atom. The van der Waals surface area contributed by atoms with Crippen molar-refractivity contribution in [2.24, 2.45) is 0 Å². The van der Waals surface area contributed by atoms with Gasteiger partial charge in [-0.25, -0.2) is 0 Å². The van der Waals surface area contributed by atoms with Gasteiger partial charge in [0, 0.05) is 6.08 Å². The van der Waals surface area contributed by atoms with Crippen molar-refractivity contribution < 1.29 is 9.90 Å². The fourth-order valence-electron chi connectivity index (χ4n) is 0.335. The number of carbonyl (C=O) groups is 1. The van der Waals surface area contributed by atoms with Crippen LogP contribution in [0.2, 0.25) is 0 Å². The molecule has 0 aromatic heterocycles. The van der Waals surface area contributed by atoms with Crippen molar-refractivity contribution >= 4 is 5.78 Å². The molecule has 32 valence electrons. The fraction of sp³-hybridized carbons (Fsp3) is 0.250. The van der Waals surface area contributed by atoms with Crippen LogP contribution >= 0.6 is 0 Å². The van der Waals surface area contributed by atoms with Crippen molar-refractivity contribution in [1.29, 1.82) is 0 Å². The van der Waals surface area contributed by atoms with Crippen LogP contribution in [0.4, 0.5) is 0 Å². The molecule has 1 rings (SSSR count). The van der Waals surface area contributed by atoms with E-state index in [9.17, 15) is 4.79 Å². The van der Waals surface area contributed by atoms with Crippen LogP contribution in [-0.4, -0.2) is 10.9 Å². The summed E-state index contributed by atoms with van der Waals surface area (Å²) in [5, 5.41) is 8.26. The molecule has 0 spiro atoms. The molecule has 6 heavy (non-hydrogen) atoms. The second-order valence-corrected chi connectivity index (χ2v) is 1.28. The molecule has 0 atom stereocenters.